The van der Waals surface area contributed by atoms with Gasteiger partial charge in [-0.25, -0.2) is 0 Å². The molecule has 1 saturated heterocycles. The lowest BCUT2D eigenvalue weighted by Crippen LogP contribution is -2.36. The number of aliphatic hydroxyl groups is 1. The van der Waals surface area contributed by atoms with E-state index in [-0.39, 0.29) is 6.61 Å². The molecule has 18 heavy (non-hydrogen) atoms. The molecule has 1 aromatic rings. The lowest BCUT2D eigenvalue weighted by atomic mass is 10.1. The summed E-state index contributed by atoms with van der Waals surface area (Å²) in [4.78, 5) is 6.36. The van der Waals surface area contributed by atoms with Crippen LogP contribution in [-0.4, -0.2) is 47.4 Å². The molecule has 0 radical (unpaired) electrons. The lowest BCUT2D eigenvalue weighted by molar-refractivity contribution is -0.00901. The van der Waals surface area contributed by atoms with Crippen LogP contribution >= 0.6 is 11.6 Å². The van der Waals surface area contributed by atoms with Gasteiger partial charge in [0.2, 0.25) is 0 Å². The van der Waals surface area contributed by atoms with Crippen LogP contribution in [-0.2, 0) is 11.3 Å². The third-order valence-electron chi connectivity index (χ3n) is 3.23. The molecule has 0 spiro atoms. The van der Waals surface area contributed by atoms with Crippen LogP contribution in [0, 0.1) is 0 Å². The number of hydrogen-bond donors (Lipinski definition) is 1. The zero-order valence-corrected chi connectivity index (χ0v) is 11.1. The van der Waals surface area contributed by atoms with Crippen LogP contribution in [0.1, 0.15) is 18.4 Å². The van der Waals surface area contributed by atoms with E-state index >= 15 is 0 Å². The summed E-state index contributed by atoms with van der Waals surface area (Å²) in [7, 11) is 0. The first kappa shape index (κ1) is 13.7. The molecule has 0 aromatic carbocycles. The Balaban J connectivity index is 1.78. The average molecular weight is 271 g/mol. The minimum Gasteiger partial charge on any atom is -0.394 e. The van der Waals surface area contributed by atoms with Gasteiger partial charge in [0.25, 0.3) is 0 Å². The van der Waals surface area contributed by atoms with Crippen molar-refractivity contribution in [2.45, 2.75) is 25.5 Å². The highest BCUT2D eigenvalue weighted by atomic mass is 35.5. The van der Waals surface area contributed by atoms with Crippen LogP contribution in [0.4, 0.5) is 0 Å². The highest BCUT2D eigenvalue weighted by Gasteiger charge is 2.19. The quantitative estimate of drug-likeness (QED) is 0.885. The molecule has 1 aliphatic heterocycles. The van der Waals surface area contributed by atoms with E-state index in [2.05, 4.69) is 9.88 Å². The summed E-state index contributed by atoms with van der Waals surface area (Å²) in [6.07, 6.45) is 5.79. The van der Waals surface area contributed by atoms with E-state index in [0.29, 0.717) is 12.7 Å². The molecule has 0 unspecified atom stereocenters. The number of ether oxygens (including phenoxy) is 1. The number of halogens is 1. The molecule has 4 nitrogen and oxygen atoms in total. The molecule has 0 saturated carbocycles. The largest absolute Gasteiger partial charge is 0.394 e. The van der Waals surface area contributed by atoms with E-state index in [0.717, 1.165) is 43.1 Å². The maximum absolute atomic E-state index is 8.72. The number of hydrogen-bond acceptors (Lipinski definition) is 4. The Hall–Kier alpha value is -0.680. The summed E-state index contributed by atoms with van der Waals surface area (Å²) >= 11 is 6.10. The van der Waals surface area contributed by atoms with Gasteiger partial charge >= 0.3 is 0 Å². The van der Waals surface area contributed by atoms with Gasteiger partial charge in [0, 0.05) is 32.0 Å². The van der Waals surface area contributed by atoms with Crippen molar-refractivity contribution in [2.24, 2.45) is 0 Å². The second-order valence-corrected chi connectivity index (χ2v) is 4.94. The van der Waals surface area contributed by atoms with Gasteiger partial charge in [0.1, 0.15) is 0 Å². The van der Waals surface area contributed by atoms with Gasteiger partial charge in [-0.15, -0.1) is 0 Å². The minimum absolute atomic E-state index is 0.104. The predicted octanol–water partition coefficient (Wildman–Crippen LogP) is 1.71. The fourth-order valence-electron chi connectivity index (χ4n) is 2.23. The summed E-state index contributed by atoms with van der Waals surface area (Å²) in [6.45, 7) is 3.44. The van der Waals surface area contributed by atoms with Crippen LogP contribution in [0.15, 0.2) is 18.5 Å². The van der Waals surface area contributed by atoms with Crippen molar-refractivity contribution in [3.63, 3.8) is 0 Å². The third kappa shape index (κ3) is 3.92. The molecule has 2 rings (SSSR count). The number of piperidine rings is 1. The molecule has 0 aliphatic carbocycles. The maximum Gasteiger partial charge on any atom is 0.0701 e. The smallest absolute Gasteiger partial charge is 0.0701 e. The van der Waals surface area contributed by atoms with Gasteiger partial charge < -0.3 is 9.84 Å². The first-order chi connectivity index (χ1) is 8.79. The predicted molar refractivity (Wildman–Crippen MR) is 70.6 cm³/mol. The summed E-state index contributed by atoms with van der Waals surface area (Å²) in [5.74, 6) is 0. The first-order valence-electron chi connectivity index (χ1n) is 6.33. The van der Waals surface area contributed by atoms with E-state index in [4.69, 9.17) is 21.4 Å². The highest BCUT2D eigenvalue weighted by Crippen LogP contribution is 2.19. The van der Waals surface area contributed by atoms with E-state index in [1.54, 1.807) is 12.4 Å². The number of pyridine rings is 1. The Morgan fingerprint density at radius 1 is 1.44 bits per heavy atom. The van der Waals surface area contributed by atoms with Gasteiger partial charge in [-0.2, -0.15) is 0 Å². The molecule has 2 heterocycles. The van der Waals surface area contributed by atoms with E-state index in [1.807, 2.05) is 6.07 Å². The van der Waals surface area contributed by atoms with E-state index < -0.39 is 0 Å². The van der Waals surface area contributed by atoms with Gasteiger partial charge in [-0.05, 0) is 24.5 Å². The monoisotopic (exact) mass is 270 g/mol. The van der Waals surface area contributed by atoms with E-state index in [9.17, 15) is 0 Å². The summed E-state index contributed by atoms with van der Waals surface area (Å²) in [5, 5.41) is 9.45. The van der Waals surface area contributed by atoms with Crippen molar-refractivity contribution in [3.8, 4) is 0 Å². The van der Waals surface area contributed by atoms with Crippen LogP contribution in [0.5, 0.6) is 0 Å². The van der Waals surface area contributed by atoms with Crippen molar-refractivity contribution in [2.75, 3.05) is 26.3 Å². The second kappa shape index (κ2) is 7.04. The molecule has 0 atom stereocenters. The minimum atomic E-state index is 0.104. The van der Waals surface area contributed by atoms with Crippen molar-refractivity contribution in [1.82, 2.24) is 9.88 Å². The average Bonchev–Trinajstić information content (AvgIpc) is 2.41. The molecule has 5 heteroatoms. The number of aliphatic hydroxyl groups excluding tert-OH is 1. The normalized spacial score (nSPS) is 18.1. The molecule has 1 aromatic heterocycles. The van der Waals surface area contributed by atoms with Crippen molar-refractivity contribution in [1.29, 1.82) is 0 Å². The summed E-state index contributed by atoms with van der Waals surface area (Å²) in [6, 6.07) is 1.97. The van der Waals surface area contributed by atoms with Gasteiger partial charge in [-0.1, -0.05) is 11.6 Å². The van der Waals surface area contributed by atoms with Gasteiger partial charge in [0.15, 0.2) is 0 Å². The number of likely N-dealkylation sites (tertiary alicyclic amines) is 1. The highest BCUT2D eigenvalue weighted by molar-refractivity contribution is 6.31. The van der Waals surface area contributed by atoms with Crippen molar-refractivity contribution >= 4 is 11.6 Å². The Morgan fingerprint density at radius 3 is 2.89 bits per heavy atom. The molecule has 1 N–H and O–H groups in total. The zero-order valence-electron chi connectivity index (χ0n) is 10.4. The SMILES string of the molecule is OCCOC1CCN(Cc2ccncc2Cl)CC1. The fraction of sp³-hybridized carbons (Fsp3) is 0.615. The first-order valence-corrected chi connectivity index (χ1v) is 6.70. The van der Waals surface area contributed by atoms with Crippen LogP contribution in [0.3, 0.4) is 0 Å². The molecule has 0 bridgehead atoms. The lowest BCUT2D eigenvalue weighted by Gasteiger charge is -2.31. The van der Waals surface area contributed by atoms with Crippen LogP contribution in [0.2, 0.25) is 5.02 Å². The molecule has 1 aliphatic rings. The Bertz CT molecular complexity index is 368. The maximum atomic E-state index is 8.72. The van der Waals surface area contributed by atoms with Crippen molar-refractivity contribution < 1.29 is 9.84 Å². The summed E-state index contributed by atoms with van der Waals surface area (Å²) < 4.78 is 5.54. The number of nitrogens with zero attached hydrogens (tertiary/aromatic N) is 2. The molecular weight excluding hydrogens is 252 g/mol. The van der Waals surface area contributed by atoms with Gasteiger partial charge in [0.05, 0.1) is 24.3 Å². The molecule has 100 valence electrons. The van der Waals surface area contributed by atoms with E-state index in [1.165, 1.54) is 0 Å². The third-order valence-corrected chi connectivity index (χ3v) is 3.57. The van der Waals surface area contributed by atoms with Crippen LogP contribution in [0.25, 0.3) is 0 Å². The van der Waals surface area contributed by atoms with Crippen molar-refractivity contribution in [3.05, 3.63) is 29.0 Å². The van der Waals surface area contributed by atoms with Crippen LogP contribution < -0.4 is 0 Å². The topological polar surface area (TPSA) is 45.6 Å². The number of aromatic nitrogens is 1. The Labute approximate surface area is 113 Å². The molecular formula is C13H19ClN2O2. The number of rotatable bonds is 5. The molecule has 0 amide bonds. The molecule has 1 fully saturated rings. The summed E-state index contributed by atoms with van der Waals surface area (Å²) in [5.41, 5.74) is 1.13. The Morgan fingerprint density at radius 2 is 2.22 bits per heavy atom. The fourth-order valence-corrected chi connectivity index (χ4v) is 2.41. The Kier molecular flexibility index (Phi) is 5.38. The standard InChI is InChI=1S/C13H19ClN2O2/c14-13-9-15-4-1-11(13)10-16-5-2-12(3-6-16)18-8-7-17/h1,4,9,12,17H,2-3,5-8,10H2. The second-order valence-electron chi connectivity index (χ2n) is 4.54. The zero-order chi connectivity index (χ0) is 12.8. The van der Waals surface area contributed by atoms with Gasteiger partial charge in [-0.3, -0.25) is 9.88 Å².